The number of rotatable bonds is 5. The topological polar surface area (TPSA) is 150 Å². The van der Waals surface area contributed by atoms with Crippen LogP contribution >= 0.6 is 0 Å². The van der Waals surface area contributed by atoms with Crippen LogP contribution in [0, 0.1) is 0 Å². The summed E-state index contributed by atoms with van der Waals surface area (Å²) in [7, 11) is 0. The van der Waals surface area contributed by atoms with Crippen LogP contribution < -0.4 is 10.9 Å². The Bertz CT molecular complexity index is 1170. The second kappa shape index (κ2) is 6.67. The molecule has 10 nitrogen and oxygen atoms in total. The molecule has 0 amide bonds. The summed E-state index contributed by atoms with van der Waals surface area (Å²) in [6, 6.07) is 10.6. The van der Waals surface area contributed by atoms with E-state index in [9.17, 15) is 9.59 Å². The molecule has 0 saturated heterocycles. The molecule has 0 bridgehead atoms. The average Bonchev–Trinajstić information content (AvgIpc) is 3.11. The molecule has 10 heteroatoms. The minimum Gasteiger partial charge on any atom is -0.480 e. The molecule has 4 aromatic rings. The van der Waals surface area contributed by atoms with Crippen molar-refractivity contribution in [3.63, 3.8) is 0 Å². The zero-order valence-corrected chi connectivity index (χ0v) is 13.8. The first-order valence-corrected chi connectivity index (χ1v) is 7.94. The summed E-state index contributed by atoms with van der Waals surface area (Å²) in [6.45, 7) is -0.313. The largest absolute Gasteiger partial charge is 0.480 e. The summed E-state index contributed by atoms with van der Waals surface area (Å²) >= 11 is 0. The van der Waals surface area contributed by atoms with E-state index in [-0.39, 0.29) is 12.5 Å². The van der Waals surface area contributed by atoms with Crippen molar-refractivity contribution in [3.05, 3.63) is 52.9 Å². The second-order valence-corrected chi connectivity index (χ2v) is 5.61. The van der Waals surface area contributed by atoms with Crippen LogP contribution in [-0.4, -0.2) is 47.8 Å². The monoisotopic (exact) mass is 363 g/mol. The lowest BCUT2D eigenvalue weighted by Crippen LogP contribution is -2.15. The molecule has 4 rings (SSSR count). The van der Waals surface area contributed by atoms with Gasteiger partial charge >= 0.3 is 5.97 Å². The van der Waals surface area contributed by atoms with Gasteiger partial charge in [-0.25, -0.2) is 20.1 Å². The number of carbonyl (C=O) groups is 1. The first kappa shape index (κ1) is 16.4. The van der Waals surface area contributed by atoms with Crippen LogP contribution in [0.2, 0.25) is 0 Å². The molecule has 134 valence electrons. The van der Waals surface area contributed by atoms with Gasteiger partial charge in [-0.2, -0.15) is 5.10 Å². The first-order chi connectivity index (χ1) is 13.1. The highest BCUT2D eigenvalue weighted by atomic mass is 16.4. The molecule has 0 radical (unpaired) electrons. The van der Waals surface area contributed by atoms with Gasteiger partial charge in [0.15, 0.2) is 0 Å². The van der Waals surface area contributed by atoms with Crippen LogP contribution in [0.1, 0.15) is 0 Å². The number of H-pyrrole nitrogens is 2. The lowest BCUT2D eigenvalue weighted by atomic mass is 10.2. The maximum absolute atomic E-state index is 12.2. The average molecular weight is 363 g/mol. The van der Waals surface area contributed by atoms with Gasteiger partial charge in [-0.15, -0.1) is 0 Å². The molecule has 0 spiro atoms. The zero-order chi connectivity index (χ0) is 18.8. The highest BCUT2D eigenvalue weighted by molar-refractivity contribution is 5.79. The third-order valence-electron chi connectivity index (χ3n) is 3.76. The third-order valence-corrected chi connectivity index (χ3v) is 3.76. The highest BCUT2D eigenvalue weighted by Gasteiger charge is 2.13. The molecule has 0 aliphatic heterocycles. The standard InChI is InChI=1S/C17H13N7O3/c25-14(26)8-19-17-18-6-5-12(22-17)13-7-9(16(27)24-23-13)15-20-10-3-1-2-4-11(10)21-15/h1-7H,8H2,(H,20,21)(H,24,27)(H,25,26)(H,18,19,22). The van der Waals surface area contributed by atoms with Crippen LogP contribution in [0.15, 0.2) is 47.4 Å². The Balaban J connectivity index is 1.73. The summed E-state index contributed by atoms with van der Waals surface area (Å²) in [6.07, 6.45) is 1.47. The number of carboxylic acids is 1. The van der Waals surface area contributed by atoms with E-state index in [4.69, 9.17) is 5.11 Å². The lowest BCUT2D eigenvalue weighted by Gasteiger charge is -2.05. The SMILES string of the molecule is O=C(O)CNc1nccc(-c2cc(-c3nc4ccccc4[nH]3)c(=O)[nH]n2)n1. The number of para-hydroxylation sites is 2. The maximum atomic E-state index is 12.2. The molecular weight excluding hydrogens is 350 g/mol. The lowest BCUT2D eigenvalue weighted by molar-refractivity contribution is -0.134. The minimum atomic E-state index is -1.03. The van der Waals surface area contributed by atoms with Crippen LogP contribution in [0.5, 0.6) is 0 Å². The van der Waals surface area contributed by atoms with Crippen molar-refractivity contribution in [1.82, 2.24) is 30.1 Å². The Morgan fingerprint density at radius 2 is 2.00 bits per heavy atom. The Kier molecular flexibility index (Phi) is 4.05. The number of anilines is 1. The number of aromatic nitrogens is 6. The van der Waals surface area contributed by atoms with Crippen molar-refractivity contribution in [1.29, 1.82) is 0 Å². The summed E-state index contributed by atoms with van der Waals surface area (Å²) < 4.78 is 0. The Labute approximate surface area is 151 Å². The van der Waals surface area contributed by atoms with Crippen LogP contribution in [0.3, 0.4) is 0 Å². The smallest absolute Gasteiger partial charge is 0.322 e. The molecular formula is C17H13N7O3. The first-order valence-electron chi connectivity index (χ1n) is 7.94. The van der Waals surface area contributed by atoms with Crippen molar-refractivity contribution in [3.8, 4) is 22.8 Å². The van der Waals surface area contributed by atoms with Crippen molar-refractivity contribution in [2.24, 2.45) is 0 Å². The molecule has 27 heavy (non-hydrogen) atoms. The fourth-order valence-electron chi connectivity index (χ4n) is 2.53. The fourth-order valence-corrected chi connectivity index (χ4v) is 2.53. The molecule has 0 atom stereocenters. The molecule has 4 N–H and O–H groups in total. The van der Waals surface area contributed by atoms with Crippen molar-refractivity contribution >= 4 is 23.0 Å². The number of carboxylic acid groups (broad SMARTS) is 1. The number of aromatic amines is 2. The fraction of sp³-hybridized carbons (Fsp3) is 0.0588. The van der Waals surface area contributed by atoms with Gasteiger partial charge in [0.05, 0.1) is 22.3 Å². The number of hydrogen-bond donors (Lipinski definition) is 4. The van der Waals surface area contributed by atoms with E-state index in [1.165, 1.54) is 6.20 Å². The van der Waals surface area contributed by atoms with E-state index < -0.39 is 11.5 Å². The van der Waals surface area contributed by atoms with Gasteiger partial charge in [0.1, 0.15) is 18.1 Å². The highest BCUT2D eigenvalue weighted by Crippen LogP contribution is 2.21. The van der Waals surface area contributed by atoms with Gasteiger partial charge in [-0.05, 0) is 24.3 Å². The molecule has 0 saturated carbocycles. The van der Waals surface area contributed by atoms with Gasteiger partial charge in [0, 0.05) is 6.20 Å². The Hall–Kier alpha value is -4.08. The normalized spacial score (nSPS) is 10.8. The summed E-state index contributed by atoms with van der Waals surface area (Å²) in [5.74, 6) is -0.467. The van der Waals surface area contributed by atoms with E-state index >= 15 is 0 Å². The number of imidazole rings is 1. The zero-order valence-electron chi connectivity index (χ0n) is 13.8. The molecule has 1 aromatic carbocycles. The summed E-state index contributed by atoms with van der Waals surface area (Å²) in [4.78, 5) is 38.6. The van der Waals surface area contributed by atoms with Crippen molar-refractivity contribution in [2.75, 3.05) is 11.9 Å². The van der Waals surface area contributed by atoms with E-state index in [1.807, 2.05) is 24.3 Å². The molecule has 0 aliphatic rings. The van der Waals surface area contributed by atoms with E-state index in [0.29, 0.717) is 22.8 Å². The second-order valence-electron chi connectivity index (χ2n) is 5.61. The summed E-state index contributed by atoms with van der Waals surface area (Å²) in [5.41, 5.74) is 2.29. The van der Waals surface area contributed by atoms with Gasteiger partial charge in [0.25, 0.3) is 5.56 Å². The number of nitrogens with zero attached hydrogens (tertiary/aromatic N) is 4. The van der Waals surface area contributed by atoms with Gasteiger partial charge < -0.3 is 15.4 Å². The van der Waals surface area contributed by atoms with Gasteiger partial charge in [-0.3, -0.25) is 9.59 Å². The summed E-state index contributed by atoms with van der Waals surface area (Å²) in [5, 5.41) is 17.8. The van der Waals surface area contributed by atoms with Crippen molar-refractivity contribution < 1.29 is 9.90 Å². The van der Waals surface area contributed by atoms with Crippen LogP contribution in [-0.2, 0) is 4.79 Å². The Morgan fingerprint density at radius 1 is 1.15 bits per heavy atom. The minimum absolute atomic E-state index is 0.146. The van der Waals surface area contributed by atoms with Crippen LogP contribution in [0.4, 0.5) is 5.95 Å². The predicted octanol–water partition coefficient (Wildman–Crippen LogP) is 1.27. The molecule has 0 fully saturated rings. The molecule has 3 aromatic heterocycles. The number of aliphatic carboxylic acids is 1. The van der Waals surface area contributed by atoms with Gasteiger partial charge in [-0.1, -0.05) is 12.1 Å². The third kappa shape index (κ3) is 3.35. The van der Waals surface area contributed by atoms with Gasteiger partial charge in [0.2, 0.25) is 5.95 Å². The molecule has 0 unspecified atom stereocenters. The van der Waals surface area contributed by atoms with Crippen molar-refractivity contribution in [2.45, 2.75) is 0 Å². The van der Waals surface area contributed by atoms with E-state index in [0.717, 1.165) is 11.0 Å². The predicted molar refractivity (Wildman–Crippen MR) is 97.1 cm³/mol. The van der Waals surface area contributed by atoms with E-state index in [2.05, 4.69) is 35.5 Å². The Morgan fingerprint density at radius 3 is 2.81 bits per heavy atom. The molecule has 3 heterocycles. The maximum Gasteiger partial charge on any atom is 0.322 e. The number of hydrogen-bond acceptors (Lipinski definition) is 7. The van der Waals surface area contributed by atoms with E-state index in [1.54, 1.807) is 12.1 Å². The quantitative estimate of drug-likeness (QED) is 0.414. The number of benzene rings is 1. The number of nitrogens with one attached hydrogen (secondary N) is 3. The number of fused-ring (bicyclic) bond motifs is 1. The van der Waals surface area contributed by atoms with Crippen LogP contribution in [0.25, 0.3) is 33.8 Å². The molecule has 0 aliphatic carbocycles.